The average Bonchev–Trinajstić information content (AvgIpc) is 2.68. The van der Waals surface area contributed by atoms with Gasteiger partial charge in [0.25, 0.3) is 5.91 Å². The summed E-state index contributed by atoms with van der Waals surface area (Å²) in [6.45, 7) is 0. The Labute approximate surface area is 126 Å². The lowest BCUT2D eigenvalue weighted by Crippen LogP contribution is -2.12. The van der Waals surface area contributed by atoms with Gasteiger partial charge in [-0.15, -0.1) is 11.3 Å². The number of carbonyl (C=O) groups is 2. The molecule has 8 heteroatoms. The van der Waals surface area contributed by atoms with Gasteiger partial charge in [0.1, 0.15) is 10.2 Å². The zero-order valence-corrected chi connectivity index (χ0v) is 11.9. The summed E-state index contributed by atoms with van der Waals surface area (Å²) in [7, 11) is 0. The van der Waals surface area contributed by atoms with Gasteiger partial charge in [-0.25, -0.2) is 9.18 Å². The molecular formula is C12H6Cl2FNO3S. The van der Waals surface area contributed by atoms with E-state index in [4.69, 9.17) is 28.3 Å². The molecule has 20 heavy (non-hydrogen) atoms. The van der Waals surface area contributed by atoms with Crippen molar-refractivity contribution < 1.29 is 19.1 Å². The molecule has 1 heterocycles. The van der Waals surface area contributed by atoms with Crippen molar-refractivity contribution in [1.82, 2.24) is 0 Å². The fourth-order valence-electron chi connectivity index (χ4n) is 1.46. The number of carboxylic acid groups (broad SMARTS) is 1. The maximum absolute atomic E-state index is 13.5. The van der Waals surface area contributed by atoms with E-state index in [2.05, 4.69) is 5.32 Å². The molecule has 0 saturated carbocycles. The van der Waals surface area contributed by atoms with Crippen molar-refractivity contribution >= 4 is 52.1 Å². The molecule has 0 aliphatic carbocycles. The minimum absolute atomic E-state index is 0.121. The fraction of sp³-hybridized carbons (Fsp3) is 0. The van der Waals surface area contributed by atoms with E-state index < -0.39 is 23.3 Å². The Kier molecular flexibility index (Phi) is 4.27. The van der Waals surface area contributed by atoms with Crippen molar-refractivity contribution in [2.45, 2.75) is 0 Å². The highest BCUT2D eigenvalue weighted by molar-refractivity contribution is 7.20. The number of rotatable bonds is 3. The van der Waals surface area contributed by atoms with Crippen LogP contribution < -0.4 is 5.32 Å². The summed E-state index contributed by atoms with van der Waals surface area (Å²) in [6.07, 6.45) is 0. The molecule has 2 aromatic rings. The summed E-state index contributed by atoms with van der Waals surface area (Å²) in [5.74, 6) is -2.88. The van der Waals surface area contributed by atoms with Crippen molar-refractivity contribution in [2.75, 3.05) is 5.32 Å². The van der Waals surface area contributed by atoms with Crippen molar-refractivity contribution in [3.8, 4) is 0 Å². The fourth-order valence-corrected chi connectivity index (χ4v) is 2.92. The van der Waals surface area contributed by atoms with Crippen LogP contribution in [0.15, 0.2) is 24.3 Å². The molecular weight excluding hydrogens is 328 g/mol. The minimum Gasteiger partial charge on any atom is -0.478 e. The van der Waals surface area contributed by atoms with Crippen molar-refractivity contribution in [3.05, 3.63) is 49.9 Å². The second-order valence-electron chi connectivity index (χ2n) is 3.69. The van der Waals surface area contributed by atoms with Gasteiger partial charge in [-0.3, -0.25) is 4.79 Å². The lowest BCUT2D eigenvalue weighted by molar-refractivity contribution is 0.0692. The molecule has 0 radical (unpaired) electrons. The van der Waals surface area contributed by atoms with Crippen molar-refractivity contribution in [1.29, 1.82) is 0 Å². The second kappa shape index (κ2) is 5.78. The highest BCUT2D eigenvalue weighted by atomic mass is 35.5. The standard InChI is InChI=1S/C12H6Cl2FNO3S/c13-9-4-7(10(14)20-9)11(17)16-5-1-2-6(12(18)19)8(15)3-5/h1-4H,(H,16,17)(H,18,19). The van der Waals surface area contributed by atoms with Crippen molar-refractivity contribution in [2.24, 2.45) is 0 Å². The largest absolute Gasteiger partial charge is 0.478 e. The first-order valence-electron chi connectivity index (χ1n) is 5.17. The highest BCUT2D eigenvalue weighted by Gasteiger charge is 2.16. The summed E-state index contributed by atoms with van der Waals surface area (Å²) >= 11 is 12.6. The summed E-state index contributed by atoms with van der Waals surface area (Å²) in [5.41, 5.74) is -0.181. The smallest absolute Gasteiger partial charge is 0.338 e. The Bertz CT molecular complexity index is 702. The Morgan fingerprint density at radius 3 is 2.40 bits per heavy atom. The van der Waals surface area contributed by atoms with E-state index in [9.17, 15) is 14.0 Å². The molecule has 2 N–H and O–H groups in total. The third-order valence-electron chi connectivity index (χ3n) is 2.36. The third-order valence-corrected chi connectivity index (χ3v) is 3.85. The number of hydrogen-bond acceptors (Lipinski definition) is 3. The molecule has 2 rings (SSSR count). The monoisotopic (exact) mass is 333 g/mol. The van der Waals surface area contributed by atoms with E-state index >= 15 is 0 Å². The maximum Gasteiger partial charge on any atom is 0.338 e. The topological polar surface area (TPSA) is 66.4 Å². The van der Waals surface area contributed by atoms with E-state index in [1.165, 1.54) is 12.1 Å². The number of benzene rings is 1. The number of carbonyl (C=O) groups excluding carboxylic acids is 1. The van der Waals surface area contributed by atoms with Crippen LogP contribution in [-0.4, -0.2) is 17.0 Å². The maximum atomic E-state index is 13.5. The first-order valence-corrected chi connectivity index (χ1v) is 6.74. The van der Waals surface area contributed by atoms with E-state index in [-0.39, 0.29) is 15.6 Å². The van der Waals surface area contributed by atoms with Crippen LogP contribution in [0.1, 0.15) is 20.7 Å². The highest BCUT2D eigenvalue weighted by Crippen LogP contribution is 2.31. The van der Waals surface area contributed by atoms with Gasteiger partial charge >= 0.3 is 5.97 Å². The van der Waals surface area contributed by atoms with Gasteiger partial charge in [0.15, 0.2) is 0 Å². The molecule has 0 atom stereocenters. The molecule has 0 aliphatic rings. The van der Waals surface area contributed by atoms with Crippen LogP contribution in [0.3, 0.4) is 0 Å². The lowest BCUT2D eigenvalue weighted by Gasteiger charge is -2.05. The SMILES string of the molecule is O=C(O)c1ccc(NC(=O)c2cc(Cl)sc2Cl)cc1F. The number of halogens is 3. The molecule has 0 unspecified atom stereocenters. The molecule has 104 valence electrons. The van der Waals surface area contributed by atoms with Crippen LogP contribution in [0, 0.1) is 5.82 Å². The van der Waals surface area contributed by atoms with Gasteiger partial charge in [0.2, 0.25) is 0 Å². The molecule has 0 saturated heterocycles. The van der Waals surface area contributed by atoms with Gasteiger partial charge in [-0.05, 0) is 24.3 Å². The normalized spacial score (nSPS) is 10.3. The third kappa shape index (κ3) is 3.09. The van der Waals surface area contributed by atoms with Crippen LogP contribution in [-0.2, 0) is 0 Å². The van der Waals surface area contributed by atoms with Gasteiger partial charge in [-0.2, -0.15) is 0 Å². The zero-order chi connectivity index (χ0) is 14.9. The Morgan fingerprint density at radius 1 is 1.20 bits per heavy atom. The van der Waals surface area contributed by atoms with Crippen LogP contribution in [0.2, 0.25) is 8.67 Å². The van der Waals surface area contributed by atoms with E-state index in [1.807, 2.05) is 0 Å². The zero-order valence-electron chi connectivity index (χ0n) is 9.62. The van der Waals surface area contributed by atoms with E-state index in [1.54, 1.807) is 0 Å². The van der Waals surface area contributed by atoms with Gasteiger partial charge < -0.3 is 10.4 Å². The number of aromatic carboxylic acids is 1. The van der Waals surface area contributed by atoms with Crippen LogP contribution >= 0.6 is 34.5 Å². The van der Waals surface area contributed by atoms with Crippen LogP contribution in [0.5, 0.6) is 0 Å². The van der Waals surface area contributed by atoms with Crippen LogP contribution in [0.4, 0.5) is 10.1 Å². The van der Waals surface area contributed by atoms with Gasteiger partial charge in [0.05, 0.1) is 15.5 Å². The molecule has 0 spiro atoms. The Morgan fingerprint density at radius 2 is 1.90 bits per heavy atom. The predicted octanol–water partition coefficient (Wildman–Crippen LogP) is 4.14. The minimum atomic E-state index is -1.38. The molecule has 0 aliphatic heterocycles. The number of anilines is 1. The summed E-state index contributed by atoms with van der Waals surface area (Å²) in [4.78, 5) is 22.6. The molecule has 1 aromatic carbocycles. The number of thiophene rings is 1. The summed E-state index contributed by atoms with van der Waals surface area (Å²) in [6, 6.07) is 4.66. The average molecular weight is 334 g/mol. The molecule has 1 aromatic heterocycles. The molecule has 4 nitrogen and oxygen atoms in total. The summed E-state index contributed by atoms with van der Waals surface area (Å²) in [5, 5.41) is 11.1. The Hall–Kier alpha value is -1.63. The van der Waals surface area contributed by atoms with Gasteiger partial charge in [0, 0.05) is 5.69 Å². The number of amides is 1. The number of nitrogens with one attached hydrogen (secondary N) is 1. The first-order chi connectivity index (χ1) is 9.38. The lowest BCUT2D eigenvalue weighted by atomic mass is 10.2. The second-order valence-corrected chi connectivity index (χ2v) is 5.98. The Balaban J connectivity index is 2.22. The molecule has 1 amide bonds. The quantitative estimate of drug-likeness (QED) is 0.886. The van der Waals surface area contributed by atoms with E-state index in [0.717, 1.165) is 23.5 Å². The molecule has 0 fully saturated rings. The van der Waals surface area contributed by atoms with Gasteiger partial charge in [-0.1, -0.05) is 23.2 Å². The first kappa shape index (κ1) is 14.8. The number of carboxylic acids is 1. The molecule has 0 bridgehead atoms. The summed E-state index contributed by atoms with van der Waals surface area (Å²) < 4.78 is 14.0. The van der Waals surface area contributed by atoms with Crippen molar-refractivity contribution in [3.63, 3.8) is 0 Å². The predicted molar refractivity (Wildman–Crippen MR) is 75.7 cm³/mol. The van der Waals surface area contributed by atoms with E-state index in [0.29, 0.717) is 4.34 Å². The number of hydrogen-bond donors (Lipinski definition) is 2. The van der Waals surface area contributed by atoms with Crippen LogP contribution in [0.25, 0.3) is 0 Å².